The monoisotopic (exact) mass is 1080 g/mol. The highest BCUT2D eigenvalue weighted by Crippen LogP contribution is 2.66. The summed E-state index contributed by atoms with van der Waals surface area (Å²) in [4.78, 5) is 0. The van der Waals surface area contributed by atoms with Crippen molar-refractivity contribution in [3.63, 3.8) is 0 Å². The van der Waals surface area contributed by atoms with Crippen molar-refractivity contribution < 1.29 is 13.9 Å². The van der Waals surface area contributed by atoms with Crippen LogP contribution < -0.4 is 20.1 Å². The average Bonchev–Trinajstić information content (AvgIpc) is 2.62. The van der Waals surface area contributed by atoms with Crippen molar-refractivity contribution in [2.75, 3.05) is 10.6 Å². The first-order valence-corrected chi connectivity index (χ1v) is 28.0. The largest absolute Gasteiger partial charge is 0.457 e. The summed E-state index contributed by atoms with van der Waals surface area (Å²) < 4.78 is 20.7. The predicted octanol–water partition coefficient (Wildman–Crippen LogP) is 20.7. The van der Waals surface area contributed by atoms with E-state index in [1.807, 2.05) is 42.5 Å². The molecule has 2 N–H and O–H groups in total. The second-order valence-electron chi connectivity index (χ2n) is 21.3. The van der Waals surface area contributed by atoms with Gasteiger partial charge in [0.1, 0.15) is 34.2 Å². The lowest BCUT2D eigenvalue weighted by Crippen LogP contribution is -2.32. The molecule has 0 radical (unpaired) electrons. The lowest BCUT2D eigenvalue weighted by molar-refractivity contribution is 0.436. The lowest BCUT2D eigenvalue weighted by atomic mass is 9.65. The maximum absolute atomic E-state index is 7.36. The van der Waals surface area contributed by atoms with Crippen molar-refractivity contribution >= 4 is 67.9 Å². The highest BCUT2D eigenvalue weighted by molar-refractivity contribution is 6.35. The topological polar surface area (TPSA) is 55.7 Å². The van der Waals surface area contributed by atoms with E-state index in [4.69, 9.17) is 37.1 Å². The zero-order valence-corrected chi connectivity index (χ0v) is 44.7. The molecule has 17 rings (SSSR count). The van der Waals surface area contributed by atoms with Gasteiger partial charge in [-0.1, -0.05) is 217 Å². The van der Waals surface area contributed by atoms with Crippen LogP contribution in [0.1, 0.15) is 44.5 Å². The van der Waals surface area contributed by atoms with Crippen LogP contribution >= 0.6 is 23.2 Å². The number of ether oxygens (including phenoxy) is 2. The fraction of sp³-hybridized carbons (Fsp3) is 0.0270. The number of furan rings is 1. The number of anilines is 4. The Bertz CT molecular complexity index is 4790. The second-order valence-corrected chi connectivity index (χ2v) is 22.2. The zero-order chi connectivity index (χ0) is 53.6. The first-order chi connectivity index (χ1) is 40.0. The summed E-state index contributed by atoms with van der Waals surface area (Å²) >= 11 is 14.5. The molecule has 0 fully saturated rings. The first kappa shape index (κ1) is 46.2. The number of fused-ring (bicyclic) bond motifs is 21. The molecule has 0 bridgehead atoms. The predicted molar refractivity (Wildman–Crippen MR) is 329 cm³/mol. The van der Waals surface area contributed by atoms with Crippen LogP contribution in [0.4, 0.5) is 22.7 Å². The highest BCUT2D eigenvalue weighted by Gasteiger charge is 2.53. The van der Waals surface area contributed by atoms with Crippen molar-refractivity contribution in [1.29, 1.82) is 0 Å². The molecule has 1 unspecified atom stereocenters. The van der Waals surface area contributed by atoms with Crippen molar-refractivity contribution in [3.05, 3.63) is 309 Å². The number of benzene rings is 12. The molecule has 13 aromatic rings. The van der Waals surface area contributed by atoms with Crippen LogP contribution in [-0.4, -0.2) is 0 Å². The van der Waals surface area contributed by atoms with E-state index in [1.54, 1.807) is 0 Å². The first-order valence-electron chi connectivity index (χ1n) is 27.3. The Labute approximate surface area is 477 Å². The van der Waals surface area contributed by atoms with E-state index in [0.29, 0.717) is 10.0 Å². The third kappa shape index (κ3) is 6.39. The Morgan fingerprint density at radius 3 is 1.47 bits per heavy atom. The Balaban J connectivity index is 0.780. The van der Waals surface area contributed by atoms with Gasteiger partial charge in [0, 0.05) is 72.7 Å². The van der Waals surface area contributed by atoms with E-state index in [9.17, 15) is 0 Å². The van der Waals surface area contributed by atoms with Gasteiger partial charge in [-0.2, -0.15) is 0 Å². The van der Waals surface area contributed by atoms with E-state index in [1.165, 1.54) is 16.7 Å². The fourth-order valence-electron chi connectivity index (χ4n) is 14.2. The van der Waals surface area contributed by atoms with E-state index < -0.39 is 10.8 Å². The van der Waals surface area contributed by atoms with Gasteiger partial charge in [0.25, 0.3) is 0 Å². The maximum atomic E-state index is 7.36. The van der Waals surface area contributed by atoms with Crippen molar-refractivity contribution in [3.8, 4) is 67.5 Å². The van der Waals surface area contributed by atoms with Crippen molar-refractivity contribution in [2.45, 2.75) is 10.8 Å². The number of nitrogens with one attached hydrogen (secondary N) is 2. The minimum absolute atomic E-state index is 0.586. The Morgan fingerprint density at radius 2 is 0.802 bits per heavy atom. The molecule has 2 spiro atoms. The molecule has 5 nitrogen and oxygen atoms in total. The lowest BCUT2D eigenvalue weighted by Gasteiger charge is -2.40. The van der Waals surface area contributed by atoms with Gasteiger partial charge in [0.2, 0.25) is 0 Å². The molecular weight excluding hydrogens is 1040 g/mol. The van der Waals surface area contributed by atoms with E-state index in [0.717, 1.165) is 140 Å². The van der Waals surface area contributed by atoms with Gasteiger partial charge >= 0.3 is 0 Å². The van der Waals surface area contributed by atoms with Crippen LogP contribution in [0.15, 0.2) is 259 Å². The minimum atomic E-state index is -0.725. The molecule has 0 saturated carbocycles. The van der Waals surface area contributed by atoms with E-state index in [-0.39, 0.29) is 0 Å². The number of hydrogen-bond acceptors (Lipinski definition) is 5. The Morgan fingerprint density at radius 1 is 0.309 bits per heavy atom. The molecule has 1 atom stereocenters. The molecule has 0 amide bonds. The molecule has 2 aliphatic carbocycles. The minimum Gasteiger partial charge on any atom is -0.457 e. The summed E-state index contributed by atoms with van der Waals surface area (Å²) in [5.74, 6) is 3.31. The number of hydrogen-bond donors (Lipinski definition) is 2. The maximum Gasteiger partial charge on any atom is 0.140 e. The van der Waals surface area contributed by atoms with Gasteiger partial charge in [-0.15, -0.1) is 0 Å². The van der Waals surface area contributed by atoms with Crippen molar-refractivity contribution in [2.24, 2.45) is 0 Å². The molecule has 7 heteroatoms. The zero-order valence-electron chi connectivity index (χ0n) is 43.2. The third-order valence-corrected chi connectivity index (χ3v) is 18.0. The van der Waals surface area contributed by atoms with Crippen LogP contribution in [0.25, 0.3) is 66.4 Å². The van der Waals surface area contributed by atoms with Crippen LogP contribution in [0.3, 0.4) is 0 Å². The van der Waals surface area contributed by atoms with Gasteiger partial charge in [-0.05, 0) is 99.1 Å². The number of para-hydroxylation sites is 5. The molecule has 2 aliphatic heterocycles. The van der Waals surface area contributed by atoms with Crippen LogP contribution in [0, 0.1) is 0 Å². The summed E-state index contributed by atoms with van der Waals surface area (Å²) in [5.41, 5.74) is 21.4. The normalized spacial score (nSPS) is 15.1. The summed E-state index contributed by atoms with van der Waals surface area (Å²) in [7, 11) is 0. The van der Waals surface area contributed by atoms with Crippen LogP contribution in [0.2, 0.25) is 10.0 Å². The van der Waals surface area contributed by atoms with E-state index >= 15 is 0 Å². The smallest absolute Gasteiger partial charge is 0.140 e. The van der Waals surface area contributed by atoms with Gasteiger partial charge < -0.3 is 24.5 Å². The average molecular weight is 1080 g/mol. The highest BCUT2D eigenvalue weighted by atomic mass is 35.5. The molecule has 382 valence electrons. The summed E-state index contributed by atoms with van der Waals surface area (Å²) in [5, 5.41) is 10.8. The molecular formula is C74H44Cl2N2O3. The molecule has 4 aliphatic rings. The Kier molecular flexibility index (Phi) is 9.89. The summed E-state index contributed by atoms with van der Waals surface area (Å²) in [6.45, 7) is 0. The summed E-state index contributed by atoms with van der Waals surface area (Å²) in [6.07, 6.45) is 0. The molecule has 0 saturated heterocycles. The van der Waals surface area contributed by atoms with E-state index in [2.05, 4.69) is 223 Å². The molecule has 3 heterocycles. The molecule has 1 aromatic heterocycles. The van der Waals surface area contributed by atoms with Gasteiger partial charge in [0.05, 0.1) is 32.3 Å². The van der Waals surface area contributed by atoms with Crippen molar-refractivity contribution in [1.82, 2.24) is 0 Å². The van der Waals surface area contributed by atoms with Gasteiger partial charge in [-0.25, -0.2) is 0 Å². The number of halogens is 2. The van der Waals surface area contributed by atoms with Gasteiger partial charge in [0.15, 0.2) is 0 Å². The van der Waals surface area contributed by atoms with Crippen LogP contribution in [0.5, 0.6) is 23.0 Å². The molecule has 12 aromatic carbocycles. The second kappa shape index (κ2) is 17.4. The number of rotatable bonds is 6. The SMILES string of the molecule is Clc1cc2c(cc1Nc1cccc3c1-c1ccccc1C31c3ccccc3Oc3ccccc31)oc1cc(-c3cccc4c3Oc3ccccc3C43c4ccccc4-c4c(Nc5c(Cl)cccc5-c5ccccc5)cccc43)ccc12. The van der Waals surface area contributed by atoms with Crippen LogP contribution in [-0.2, 0) is 10.8 Å². The Hall–Kier alpha value is -9.78. The third-order valence-electron chi connectivity index (χ3n) is 17.4. The fourth-order valence-corrected chi connectivity index (χ4v) is 14.6. The quantitative estimate of drug-likeness (QED) is 0.174. The summed E-state index contributed by atoms with van der Waals surface area (Å²) in [6, 6.07) is 89.6. The van der Waals surface area contributed by atoms with Gasteiger partial charge in [-0.3, -0.25) is 0 Å². The molecule has 81 heavy (non-hydrogen) atoms. The standard InChI is InChI=1S/C74H44Cl2N2O3/c75-59-32-15-22-45(43-18-2-1-3-19-43)71(59)78-62-34-17-30-57-70(62)49-21-5-7-25-52(49)74(57)55-28-10-13-37-66(55)81-72-46(23-14-31-58(72)74)44-38-39-47-50-41-60(76)63(42-68(50)80-67(47)40-44)77-61-33-16-29-56-69(61)48-20-4-6-24-51(48)73(56)53-26-8-11-35-64(53)79-65-36-12-9-27-54(65)73/h1-42,77-78H.